The molecule has 2 nitrogen and oxygen atoms in total. The van der Waals surface area contributed by atoms with Gasteiger partial charge in [-0.1, -0.05) is 104 Å². The van der Waals surface area contributed by atoms with E-state index in [0.29, 0.717) is 6.61 Å². The van der Waals surface area contributed by atoms with Gasteiger partial charge < -0.3 is 9.64 Å². The maximum absolute atomic E-state index is 13.9. The highest BCUT2D eigenvalue weighted by molar-refractivity contribution is 5.83. The second kappa shape index (κ2) is 13.6. The molecule has 37 heavy (non-hydrogen) atoms. The van der Waals surface area contributed by atoms with Gasteiger partial charge in [-0.05, 0) is 78.0 Å². The molecule has 4 rings (SSSR count). The largest absolute Gasteiger partial charge is 0.492 e. The standard InChI is InChI=1S/C34H36FNO/c1-3-36(4-2)23-24-37-33-21-17-30(18-22-33)34(29-15-19-32(35)20-16-29)31(25-27-11-7-5-8-12-27)26-28-13-9-6-10-14-28/h5-22H,3-4,23-26H2,1-2H3. The monoisotopic (exact) mass is 493 g/mol. The Labute approximate surface area is 221 Å². The molecule has 4 aromatic carbocycles. The van der Waals surface area contributed by atoms with Gasteiger partial charge in [0.2, 0.25) is 0 Å². The van der Waals surface area contributed by atoms with Crippen molar-refractivity contribution < 1.29 is 9.13 Å². The van der Waals surface area contributed by atoms with Crippen LogP contribution >= 0.6 is 0 Å². The number of halogens is 1. The van der Waals surface area contributed by atoms with Gasteiger partial charge in [0.15, 0.2) is 0 Å². The van der Waals surface area contributed by atoms with Crippen LogP contribution in [0.15, 0.2) is 115 Å². The molecule has 190 valence electrons. The summed E-state index contributed by atoms with van der Waals surface area (Å²) in [7, 11) is 0. The third kappa shape index (κ3) is 7.65. The van der Waals surface area contributed by atoms with Crippen LogP contribution < -0.4 is 4.74 Å². The molecular formula is C34H36FNO. The summed E-state index contributed by atoms with van der Waals surface area (Å²) < 4.78 is 19.9. The van der Waals surface area contributed by atoms with Crippen LogP contribution in [0.5, 0.6) is 5.75 Å². The second-order valence-electron chi connectivity index (χ2n) is 9.21. The Hall–Kier alpha value is -3.69. The number of nitrogens with zero attached hydrogens (tertiary/aromatic N) is 1. The lowest BCUT2D eigenvalue weighted by atomic mass is 9.86. The summed E-state index contributed by atoms with van der Waals surface area (Å²) in [6, 6.07) is 36.3. The van der Waals surface area contributed by atoms with Crippen molar-refractivity contribution in [2.75, 3.05) is 26.2 Å². The van der Waals surface area contributed by atoms with Crippen LogP contribution in [0, 0.1) is 5.82 Å². The summed E-state index contributed by atoms with van der Waals surface area (Å²) in [4.78, 5) is 2.35. The van der Waals surface area contributed by atoms with E-state index in [4.69, 9.17) is 4.74 Å². The smallest absolute Gasteiger partial charge is 0.123 e. The minimum atomic E-state index is -0.229. The lowest BCUT2D eigenvalue weighted by Crippen LogP contribution is -2.27. The predicted octanol–water partition coefficient (Wildman–Crippen LogP) is 7.83. The number of allylic oxidation sites excluding steroid dienone is 1. The highest BCUT2D eigenvalue weighted by atomic mass is 19.1. The van der Waals surface area contributed by atoms with Gasteiger partial charge in [0.1, 0.15) is 18.2 Å². The van der Waals surface area contributed by atoms with Gasteiger partial charge >= 0.3 is 0 Å². The second-order valence-corrected chi connectivity index (χ2v) is 9.21. The van der Waals surface area contributed by atoms with Gasteiger partial charge in [0, 0.05) is 6.54 Å². The zero-order valence-corrected chi connectivity index (χ0v) is 21.9. The number of benzene rings is 4. The lowest BCUT2D eigenvalue weighted by molar-refractivity contribution is 0.223. The van der Waals surface area contributed by atoms with E-state index < -0.39 is 0 Å². The Morgan fingerprint density at radius 3 is 1.62 bits per heavy atom. The normalized spacial score (nSPS) is 10.9. The van der Waals surface area contributed by atoms with E-state index in [9.17, 15) is 4.39 Å². The number of hydrogen-bond donors (Lipinski definition) is 0. The first-order chi connectivity index (χ1) is 18.2. The molecule has 0 aromatic heterocycles. The van der Waals surface area contributed by atoms with Crippen molar-refractivity contribution in [3.05, 3.63) is 143 Å². The molecule has 0 aliphatic carbocycles. The molecule has 0 heterocycles. The Kier molecular flexibility index (Phi) is 9.67. The summed E-state index contributed by atoms with van der Waals surface area (Å²) in [6.45, 7) is 7.96. The van der Waals surface area contributed by atoms with Crippen molar-refractivity contribution in [2.24, 2.45) is 0 Å². The molecule has 0 saturated carbocycles. The highest BCUT2D eigenvalue weighted by Crippen LogP contribution is 2.32. The molecule has 0 saturated heterocycles. The fourth-order valence-electron chi connectivity index (χ4n) is 4.67. The zero-order valence-electron chi connectivity index (χ0n) is 21.9. The van der Waals surface area contributed by atoms with E-state index in [0.717, 1.165) is 54.9 Å². The third-order valence-corrected chi connectivity index (χ3v) is 6.72. The Morgan fingerprint density at radius 2 is 1.14 bits per heavy atom. The third-order valence-electron chi connectivity index (χ3n) is 6.72. The molecule has 0 N–H and O–H groups in total. The average Bonchev–Trinajstić information content (AvgIpc) is 2.94. The Morgan fingerprint density at radius 1 is 0.649 bits per heavy atom. The van der Waals surface area contributed by atoms with Gasteiger partial charge in [-0.3, -0.25) is 0 Å². The summed E-state index contributed by atoms with van der Waals surface area (Å²) in [5.41, 5.74) is 7.05. The number of rotatable bonds is 12. The van der Waals surface area contributed by atoms with Crippen LogP contribution in [-0.4, -0.2) is 31.1 Å². The molecule has 0 bridgehead atoms. The van der Waals surface area contributed by atoms with E-state index in [1.165, 1.54) is 16.7 Å². The molecule has 0 aliphatic heterocycles. The Balaban J connectivity index is 1.72. The van der Waals surface area contributed by atoms with Gasteiger partial charge in [-0.2, -0.15) is 0 Å². The van der Waals surface area contributed by atoms with Crippen molar-refractivity contribution >= 4 is 5.57 Å². The molecule has 0 fully saturated rings. The maximum atomic E-state index is 13.9. The zero-order chi connectivity index (χ0) is 25.9. The van der Waals surface area contributed by atoms with Crippen molar-refractivity contribution in [3.8, 4) is 5.75 Å². The van der Waals surface area contributed by atoms with Crippen molar-refractivity contribution in [1.82, 2.24) is 4.90 Å². The Bertz CT molecular complexity index is 1200. The van der Waals surface area contributed by atoms with E-state index in [1.807, 2.05) is 36.4 Å². The molecule has 0 aliphatic rings. The summed E-state index contributed by atoms with van der Waals surface area (Å²) >= 11 is 0. The minimum Gasteiger partial charge on any atom is -0.492 e. The number of likely N-dealkylation sites (N-methyl/N-ethyl adjacent to an activating group) is 1. The fraction of sp³-hybridized carbons (Fsp3) is 0.235. The molecule has 0 atom stereocenters. The topological polar surface area (TPSA) is 12.5 Å². The van der Waals surface area contributed by atoms with Gasteiger partial charge in [-0.25, -0.2) is 4.39 Å². The molecule has 0 radical (unpaired) electrons. The first kappa shape index (κ1) is 26.4. The van der Waals surface area contributed by atoms with Crippen molar-refractivity contribution in [3.63, 3.8) is 0 Å². The van der Waals surface area contributed by atoms with Crippen molar-refractivity contribution in [1.29, 1.82) is 0 Å². The predicted molar refractivity (Wildman–Crippen MR) is 152 cm³/mol. The van der Waals surface area contributed by atoms with Crippen LogP contribution in [0.4, 0.5) is 4.39 Å². The maximum Gasteiger partial charge on any atom is 0.123 e. The first-order valence-corrected chi connectivity index (χ1v) is 13.2. The number of ether oxygens (including phenoxy) is 1. The van der Waals surface area contributed by atoms with E-state index in [1.54, 1.807) is 12.1 Å². The van der Waals surface area contributed by atoms with Gasteiger partial charge in [0.25, 0.3) is 0 Å². The highest BCUT2D eigenvalue weighted by Gasteiger charge is 2.15. The SMILES string of the molecule is CCN(CC)CCOc1ccc(C(=C(Cc2ccccc2)Cc2ccccc2)c2ccc(F)cc2)cc1. The van der Waals surface area contributed by atoms with E-state index in [2.05, 4.69) is 79.4 Å². The quantitative estimate of drug-likeness (QED) is 0.199. The summed E-state index contributed by atoms with van der Waals surface area (Å²) in [5.74, 6) is 0.634. The van der Waals surface area contributed by atoms with Gasteiger partial charge in [0.05, 0.1) is 0 Å². The molecule has 4 aromatic rings. The van der Waals surface area contributed by atoms with Crippen LogP contribution in [-0.2, 0) is 12.8 Å². The molecule has 0 unspecified atom stereocenters. The summed E-state index contributed by atoms with van der Waals surface area (Å²) in [5, 5.41) is 0. The van der Waals surface area contributed by atoms with Crippen LogP contribution in [0.1, 0.15) is 36.1 Å². The van der Waals surface area contributed by atoms with Crippen LogP contribution in [0.3, 0.4) is 0 Å². The van der Waals surface area contributed by atoms with E-state index >= 15 is 0 Å². The van der Waals surface area contributed by atoms with Gasteiger partial charge in [-0.15, -0.1) is 0 Å². The lowest BCUT2D eigenvalue weighted by Gasteiger charge is -2.19. The summed E-state index contributed by atoms with van der Waals surface area (Å²) in [6.07, 6.45) is 1.62. The first-order valence-electron chi connectivity index (χ1n) is 13.2. The van der Waals surface area contributed by atoms with Crippen LogP contribution in [0.2, 0.25) is 0 Å². The molecular weight excluding hydrogens is 457 g/mol. The van der Waals surface area contributed by atoms with Crippen LogP contribution in [0.25, 0.3) is 5.57 Å². The molecule has 3 heteroatoms. The minimum absolute atomic E-state index is 0.229. The molecule has 0 amide bonds. The van der Waals surface area contributed by atoms with E-state index in [-0.39, 0.29) is 5.82 Å². The molecule has 0 spiro atoms. The fourth-order valence-corrected chi connectivity index (χ4v) is 4.67. The average molecular weight is 494 g/mol. The van der Waals surface area contributed by atoms with Crippen molar-refractivity contribution in [2.45, 2.75) is 26.7 Å². The number of hydrogen-bond acceptors (Lipinski definition) is 2.